The predicted octanol–water partition coefficient (Wildman–Crippen LogP) is 3.32. The molecule has 0 radical (unpaired) electrons. The highest BCUT2D eigenvalue weighted by atomic mass is 35.5. The molecule has 0 saturated heterocycles. The third kappa shape index (κ3) is 1.47. The molecule has 5 heteroatoms. The van der Waals surface area contributed by atoms with Crippen LogP contribution in [0.4, 0.5) is 0 Å². The molecule has 0 aliphatic carbocycles. The van der Waals surface area contributed by atoms with Gasteiger partial charge in [-0.1, -0.05) is 23.2 Å². The highest BCUT2D eigenvalue weighted by Gasteiger charge is 2.10. The van der Waals surface area contributed by atoms with Gasteiger partial charge in [0.05, 0.1) is 17.1 Å². The van der Waals surface area contributed by atoms with Crippen molar-refractivity contribution in [1.29, 1.82) is 0 Å². The Morgan fingerprint density at radius 1 is 1.36 bits per heavy atom. The Bertz CT molecular complexity index is 476. The van der Waals surface area contributed by atoms with Crippen LogP contribution in [0.3, 0.4) is 0 Å². The second-order valence-electron chi connectivity index (χ2n) is 3.35. The van der Waals surface area contributed by atoms with Gasteiger partial charge in [0.15, 0.2) is 0 Å². The number of pyridine rings is 1. The van der Waals surface area contributed by atoms with Gasteiger partial charge in [-0.25, -0.2) is 4.98 Å². The number of rotatable bonds is 1. The van der Waals surface area contributed by atoms with Crippen molar-refractivity contribution < 1.29 is 0 Å². The molecule has 0 saturated carbocycles. The quantitative estimate of drug-likeness (QED) is 0.703. The van der Waals surface area contributed by atoms with Crippen molar-refractivity contribution in [3.05, 3.63) is 22.6 Å². The van der Waals surface area contributed by atoms with Gasteiger partial charge in [0, 0.05) is 12.1 Å². The second kappa shape index (κ2) is 3.41. The van der Waals surface area contributed by atoms with Crippen LogP contribution in [0.25, 0.3) is 10.9 Å². The van der Waals surface area contributed by atoms with Crippen molar-refractivity contribution in [3.8, 4) is 0 Å². The van der Waals surface area contributed by atoms with E-state index in [1.54, 1.807) is 12.3 Å². The molecule has 2 heterocycles. The number of fused-ring (bicyclic) bond motifs is 1. The molecule has 0 atom stereocenters. The average Bonchev–Trinajstić information content (AvgIpc) is 2.47. The number of hydrogen-bond donors (Lipinski definition) is 0. The minimum Gasteiger partial charge on any atom is -0.262 e. The summed E-state index contributed by atoms with van der Waals surface area (Å²) in [7, 11) is 0. The first-order valence-corrected chi connectivity index (χ1v) is 5.04. The zero-order valence-corrected chi connectivity index (χ0v) is 9.34. The predicted molar refractivity (Wildman–Crippen MR) is 57.9 cm³/mol. The van der Waals surface area contributed by atoms with Crippen LogP contribution in [0, 0.1) is 0 Å². The molecule has 0 fully saturated rings. The highest BCUT2D eigenvalue weighted by molar-refractivity contribution is 6.36. The van der Waals surface area contributed by atoms with Gasteiger partial charge < -0.3 is 0 Å². The smallest absolute Gasteiger partial charge is 0.141 e. The first-order chi connectivity index (χ1) is 6.59. The van der Waals surface area contributed by atoms with E-state index in [0.717, 1.165) is 10.9 Å². The van der Waals surface area contributed by atoms with Crippen LogP contribution in [0.1, 0.15) is 19.9 Å². The Kier molecular flexibility index (Phi) is 2.37. The second-order valence-corrected chi connectivity index (χ2v) is 4.10. The molecule has 74 valence electrons. The van der Waals surface area contributed by atoms with Gasteiger partial charge in [0.1, 0.15) is 10.3 Å². The normalized spacial score (nSPS) is 11.5. The Balaban J connectivity index is 2.78. The lowest BCUT2D eigenvalue weighted by Crippen LogP contribution is -2.01. The van der Waals surface area contributed by atoms with E-state index >= 15 is 0 Å². The molecule has 0 N–H and O–H groups in total. The monoisotopic (exact) mass is 229 g/mol. The Hall–Kier alpha value is -0.800. The number of halogens is 2. The number of nitrogens with zero attached hydrogens (tertiary/aromatic N) is 3. The third-order valence-corrected chi connectivity index (χ3v) is 2.49. The summed E-state index contributed by atoms with van der Waals surface area (Å²) in [5, 5.41) is 5.86. The number of hydrogen-bond acceptors (Lipinski definition) is 2. The first kappa shape index (κ1) is 9.74. The summed E-state index contributed by atoms with van der Waals surface area (Å²) in [5.41, 5.74) is 0.921. The topological polar surface area (TPSA) is 30.7 Å². The van der Waals surface area contributed by atoms with Crippen molar-refractivity contribution in [1.82, 2.24) is 14.8 Å². The van der Waals surface area contributed by atoms with Crippen molar-refractivity contribution in [2.75, 3.05) is 0 Å². The van der Waals surface area contributed by atoms with E-state index in [1.165, 1.54) is 0 Å². The molecule has 14 heavy (non-hydrogen) atoms. The zero-order chi connectivity index (χ0) is 10.3. The minimum atomic E-state index is 0.280. The van der Waals surface area contributed by atoms with Crippen LogP contribution >= 0.6 is 23.2 Å². The van der Waals surface area contributed by atoms with E-state index < -0.39 is 0 Å². The minimum absolute atomic E-state index is 0.280. The largest absolute Gasteiger partial charge is 0.262 e. The zero-order valence-electron chi connectivity index (χ0n) is 7.83. The lowest BCUT2D eigenvalue weighted by molar-refractivity contribution is 0.551. The van der Waals surface area contributed by atoms with Gasteiger partial charge in [-0.15, -0.1) is 0 Å². The summed E-state index contributed by atoms with van der Waals surface area (Å²) >= 11 is 11.8. The molecular formula is C9H9Cl2N3. The van der Waals surface area contributed by atoms with Crippen molar-refractivity contribution in [3.63, 3.8) is 0 Å². The third-order valence-electron chi connectivity index (χ3n) is 2.01. The maximum absolute atomic E-state index is 5.93. The van der Waals surface area contributed by atoms with Crippen LogP contribution in [-0.4, -0.2) is 14.8 Å². The summed E-state index contributed by atoms with van der Waals surface area (Å²) in [6.45, 7) is 4.10. The number of aromatic nitrogens is 3. The fraction of sp³-hybridized carbons (Fsp3) is 0.333. The van der Waals surface area contributed by atoms with Gasteiger partial charge in [0.25, 0.3) is 0 Å². The van der Waals surface area contributed by atoms with Crippen LogP contribution < -0.4 is 0 Å². The fourth-order valence-corrected chi connectivity index (χ4v) is 1.85. The molecule has 2 aromatic heterocycles. The standard InChI is InChI=1S/C9H9Cl2N3/c1-5(2)14-7-3-8(10)13-9(11)6(7)4-12-14/h3-5H,1-2H3. The summed E-state index contributed by atoms with van der Waals surface area (Å²) in [6.07, 6.45) is 1.71. The fourth-order valence-electron chi connectivity index (χ4n) is 1.39. The van der Waals surface area contributed by atoms with E-state index in [9.17, 15) is 0 Å². The van der Waals surface area contributed by atoms with Crippen LogP contribution in [0.2, 0.25) is 10.3 Å². The first-order valence-electron chi connectivity index (χ1n) is 4.29. The Labute approximate surface area is 91.6 Å². The molecule has 0 amide bonds. The van der Waals surface area contributed by atoms with Crippen LogP contribution in [0.5, 0.6) is 0 Å². The van der Waals surface area contributed by atoms with Crippen molar-refractivity contribution >= 4 is 34.1 Å². The van der Waals surface area contributed by atoms with E-state index in [-0.39, 0.29) is 6.04 Å². The molecule has 0 bridgehead atoms. The molecule has 0 aromatic carbocycles. The van der Waals surface area contributed by atoms with Gasteiger partial charge >= 0.3 is 0 Å². The maximum Gasteiger partial charge on any atom is 0.141 e. The molecule has 2 rings (SSSR count). The van der Waals surface area contributed by atoms with E-state index in [0.29, 0.717) is 10.3 Å². The van der Waals surface area contributed by atoms with Crippen molar-refractivity contribution in [2.24, 2.45) is 0 Å². The van der Waals surface area contributed by atoms with E-state index in [1.807, 2.05) is 4.68 Å². The molecule has 0 aliphatic rings. The van der Waals surface area contributed by atoms with Gasteiger partial charge in [0.2, 0.25) is 0 Å². The van der Waals surface area contributed by atoms with Crippen LogP contribution in [0.15, 0.2) is 12.3 Å². The van der Waals surface area contributed by atoms with Crippen molar-refractivity contribution in [2.45, 2.75) is 19.9 Å². The highest BCUT2D eigenvalue weighted by Crippen LogP contribution is 2.26. The van der Waals surface area contributed by atoms with Gasteiger partial charge in [-0.2, -0.15) is 5.10 Å². The summed E-state index contributed by atoms with van der Waals surface area (Å²) in [4.78, 5) is 3.95. The molecule has 0 aliphatic heterocycles. The Morgan fingerprint density at radius 2 is 2.07 bits per heavy atom. The van der Waals surface area contributed by atoms with Gasteiger partial charge in [-0.3, -0.25) is 4.68 Å². The summed E-state index contributed by atoms with van der Waals surface area (Å²) in [6, 6.07) is 2.05. The molecule has 0 unspecified atom stereocenters. The van der Waals surface area contributed by atoms with Crippen LogP contribution in [-0.2, 0) is 0 Å². The Morgan fingerprint density at radius 3 is 2.71 bits per heavy atom. The molecule has 3 nitrogen and oxygen atoms in total. The van der Waals surface area contributed by atoms with Gasteiger partial charge in [-0.05, 0) is 13.8 Å². The molecule has 2 aromatic rings. The van der Waals surface area contributed by atoms with E-state index in [4.69, 9.17) is 23.2 Å². The molecule has 0 spiro atoms. The lowest BCUT2D eigenvalue weighted by Gasteiger charge is -2.06. The maximum atomic E-state index is 5.93. The summed E-state index contributed by atoms with van der Waals surface area (Å²) < 4.78 is 1.87. The SMILES string of the molecule is CC(C)n1ncc2c(Cl)nc(Cl)cc21. The summed E-state index contributed by atoms with van der Waals surface area (Å²) in [5.74, 6) is 0. The lowest BCUT2D eigenvalue weighted by atomic mass is 10.3. The average molecular weight is 230 g/mol. The molecular weight excluding hydrogens is 221 g/mol. The van der Waals surface area contributed by atoms with E-state index in [2.05, 4.69) is 23.9 Å².